The third kappa shape index (κ3) is 3.33. The summed E-state index contributed by atoms with van der Waals surface area (Å²) < 4.78 is 25.8. The molecule has 0 saturated carbocycles. The van der Waals surface area contributed by atoms with E-state index in [1.54, 1.807) is 7.05 Å². The van der Waals surface area contributed by atoms with Crippen molar-refractivity contribution in [2.45, 2.75) is 0 Å². The van der Waals surface area contributed by atoms with Crippen molar-refractivity contribution in [3.8, 4) is 11.5 Å². The van der Waals surface area contributed by atoms with Crippen LogP contribution in [-0.4, -0.2) is 24.7 Å². The van der Waals surface area contributed by atoms with Crippen LogP contribution in [0.5, 0.6) is 11.5 Å². The summed E-state index contributed by atoms with van der Waals surface area (Å²) in [5, 5.41) is 3.04. The number of carbonyl (C=O) groups is 1. The van der Waals surface area contributed by atoms with Crippen molar-refractivity contribution in [3.05, 3.63) is 63.2 Å². The van der Waals surface area contributed by atoms with Crippen LogP contribution in [0.3, 0.4) is 0 Å². The van der Waals surface area contributed by atoms with Gasteiger partial charge >= 0.3 is 0 Å². The fourth-order valence-corrected chi connectivity index (χ4v) is 3.06. The summed E-state index contributed by atoms with van der Waals surface area (Å²) >= 11 is 6.05. The molecule has 0 saturated heterocycles. The molecule has 3 aromatic rings. The lowest BCUT2D eigenvalue weighted by Crippen LogP contribution is -2.24. The van der Waals surface area contributed by atoms with E-state index in [9.17, 15) is 14.0 Å². The van der Waals surface area contributed by atoms with Gasteiger partial charge in [0.05, 0.1) is 30.4 Å². The number of nitrogens with one attached hydrogen (secondary N) is 1. The van der Waals surface area contributed by atoms with Gasteiger partial charge in [-0.15, -0.1) is 0 Å². The smallest absolute Gasteiger partial charge is 0.261 e. The average Bonchev–Trinajstić information content (AvgIpc) is 2.65. The molecule has 0 fully saturated rings. The summed E-state index contributed by atoms with van der Waals surface area (Å²) in [6, 6.07) is 7.14. The number of hydrogen-bond donors (Lipinski definition) is 1. The number of fused-ring (bicyclic) bond motifs is 1. The standard InChI is InChI=1S/C19H16ClFN2O4/c1-23-9-11(18(24)10-5-4-6-13(21)17(10)23)19(25)22-14-8-15(26-2)12(20)7-16(14)27-3/h4-9H,1-3H3,(H,22,25). The molecule has 1 N–H and O–H groups in total. The molecule has 0 atom stereocenters. The van der Waals surface area contributed by atoms with E-state index in [1.807, 2.05) is 0 Å². The van der Waals surface area contributed by atoms with E-state index in [-0.39, 0.29) is 22.2 Å². The highest BCUT2D eigenvalue weighted by Gasteiger charge is 2.19. The van der Waals surface area contributed by atoms with Crippen LogP contribution in [0.4, 0.5) is 10.1 Å². The summed E-state index contributed by atoms with van der Waals surface area (Å²) in [7, 11) is 4.42. The van der Waals surface area contributed by atoms with E-state index in [1.165, 1.54) is 55.3 Å². The van der Waals surface area contributed by atoms with Crippen LogP contribution in [0.25, 0.3) is 10.9 Å². The minimum Gasteiger partial charge on any atom is -0.495 e. The highest BCUT2D eigenvalue weighted by molar-refractivity contribution is 6.32. The zero-order valence-electron chi connectivity index (χ0n) is 14.8. The van der Waals surface area contributed by atoms with Crippen LogP contribution in [0, 0.1) is 5.82 Å². The lowest BCUT2D eigenvalue weighted by Gasteiger charge is -2.14. The van der Waals surface area contributed by atoms with Crippen molar-refractivity contribution in [3.63, 3.8) is 0 Å². The van der Waals surface area contributed by atoms with Crippen molar-refractivity contribution >= 4 is 34.1 Å². The molecule has 8 heteroatoms. The second-order valence-electron chi connectivity index (χ2n) is 5.76. The number of anilines is 1. The number of hydrogen-bond acceptors (Lipinski definition) is 4. The van der Waals surface area contributed by atoms with Gasteiger partial charge in [0, 0.05) is 30.8 Å². The molecule has 6 nitrogen and oxygen atoms in total. The topological polar surface area (TPSA) is 69.6 Å². The van der Waals surface area contributed by atoms with Crippen molar-refractivity contribution < 1.29 is 18.7 Å². The second-order valence-corrected chi connectivity index (χ2v) is 6.17. The summed E-state index contributed by atoms with van der Waals surface area (Å²) in [4.78, 5) is 25.4. The quantitative estimate of drug-likeness (QED) is 0.739. The normalized spacial score (nSPS) is 10.7. The van der Waals surface area contributed by atoms with Gasteiger partial charge in [-0.1, -0.05) is 17.7 Å². The fraction of sp³-hybridized carbons (Fsp3) is 0.158. The lowest BCUT2D eigenvalue weighted by atomic mass is 10.1. The molecule has 0 aliphatic heterocycles. The Labute approximate surface area is 159 Å². The van der Waals surface area contributed by atoms with Crippen LogP contribution < -0.4 is 20.2 Å². The van der Waals surface area contributed by atoms with Gasteiger partial charge in [0.2, 0.25) is 5.43 Å². The second kappa shape index (κ2) is 7.28. The lowest BCUT2D eigenvalue weighted by molar-refractivity contribution is 0.102. The number of rotatable bonds is 4. The molecule has 1 amide bonds. The zero-order chi connectivity index (χ0) is 19.7. The van der Waals surface area contributed by atoms with Crippen LogP contribution in [-0.2, 0) is 7.05 Å². The Kier molecular flexibility index (Phi) is 5.05. The summed E-state index contributed by atoms with van der Waals surface area (Å²) in [5.41, 5.74) is -0.290. The Bertz CT molecular complexity index is 1110. The van der Waals surface area contributed by atoms with Crippen LogP contribution in [0.2, 0.25) is 5.02 Å². The third-order valence-electron chi connectivity index (χ3n) is 4.12. The number of aromatic nitrogens is 1. The predicted octanol–water partition coefficient (Wildman–Crippen LogP) is 3.60. The Morgan fingerprint density at radius 2 is 1.89 bits per heavy atom. The largest absolute Gasteiger partial charge is 0.495 e. The van der Waals surface area contributed by atoms with E-state index in [0.29, 0.717) is 16.5 Å². The molecule has 140 valence electrons. The van der Waals surface area contributed by atoms with Crippen molar-refractivity contribution in [2.75, 3.05) is 19.5 Å². The Balaban J connectivity index is 2.08. The number of benzene rings is 2. The number of halogens is 2. The molecule has 0 unspecified atom stereocenters. The SMILES string of the molecule is COc1cc(NC(=O)c2cn(C)c3c(F)cccc3c2=O)c(OC)cc1Cl. The molecule has 27 heavy (non-hydrogen) atoms. The minimum absolute atomic E-state index is 0.116. The van der Waals surface area contributed by atoms with Gasteiger partial charge in [0.1, 0.15) is 22.9 Å². The highest BCUT2D eigenvalue weighted by Crippen LogP contribution is 2.36. The van der Waals surface area contributed by atoms with Crippen LogP contribution >= 0.6 is 11.6 Å². The van der Waals surface area contributed by atoms with Crippen molar-refractivity contribution in [2.24, 2.45) is 7.05 Å². The first-order chi connectivity index (χ1) is 12.9. The van der Waals surface area contributed by atoms with Gasteiger partial charge in [0.25, 0.3) is 5.91 Å². The van der Waals surface area contributed by atoms with E-state index >= 15 is 0 Å². The third-order valence-corrected chi connectivity index (χ3v) is 4.41. The first-order valence-electron chi connectivity index (χ1n) is 7.88. The molecule has 0 spiro atoms. The summed E-state index contributed by atoms with van der Waals surface area (Å²) in [5.74, 6) is -0.563. The molecule has 0 bridgehead atoms. The Morgan fingerprint density at radius 1 is 1.19 bits per heavy atom. The minimum atomic E-state index is -0.663. The van der Waals surface area contributed by atoms with Gasteiger partial charge in [-0.25, -0.2) is 4.39 Å². The van der Waals surface area contributed by atoms with E-state index < -0.39 is 17.2 Å². The molecular formula is C19H16ClFN2O4. The molecule has 0 aliphatic carbocycles. The van der Waals surface area contributed by atoms with Crippen LogP contribution in [0.15, 0.2) is 41.3 Å². The molecule has 1 aromatic heterocycles. The van der Waals surface area contributed by atoms with Gasteiger partial charge in [-0.3, -0.25) is 9.59 Å². The first kappa shape index (κ1) is 18.7. The number of para-hydroxylation sites is 1. The zero-order valence-corrected chi connectivity index (χ0v) is 15.6. The average molecular weight is 391 g/mol. The number of nitrogens with zero attached hydrogens (tertiary/aromatic N) is 1. The monoisotopic (exact) mass is 390 g/mol. The van der Waals surface area contributed by atoms with Gasteiger partial charge in [0.15, 0.2) is 0 Å². The van der Waals surface area contributed by atoms with Gasteiger partial charge in [-0.2, -0.15) is 0 Å². The maximum Gasteiger partial charge on any atom is 0.261 e. The van der Waals surface area contributed by atoms with E-state index in [2.05, 4.69) is 5.32 Å². The number of methoxy groups -OCH3 is 2. The van der Waals surface area contributed by atoms with Crippen LogP contribution in [0.1, 0.15) is 10.4 Å². The fourth-order valence-electron chi connectivity index (χ4n) is 2.83. The van der Waals surface area contributed by atoms with Gasteiger partial charge in [-0.05, 0) is 12.1 Å². The van der Waals surface area contributed by atoms with E-state index in [4.69, 9.17) is 21.1 Å². The number of carbonyl (C=O) groups excluding carboxylic acids is 1. The Hall–Kier alpha value is -3.06. The van der Waals surface area contributed by atoms with Gasteiger partial charge < -0.3 is 19.4 Å². The van der Waals surface area contributed by atoms with Crippen molar-refractivity contribution in [1.82, 2.24) is 4.57 Å². The van der Waals surface area contributed by atoms with E-state index in [0.717, 1.165) is 0 Å². The number of ether oxygens (including phenoxy) is 2. The molecule has 1 heterocycles. The molecular weight excluding hydrogens is 375 g/mol. The molecule has 0 aliphatic rings. The maximum absolute atomic E-state index is 14.0. The van der Waals surface area contributed by atoms with Crippen molar-refractivity contribution in [1.29, 1.82) is 0 Å². The Morgan fingerprint density at radius 3 is 2.56 bits per heavy atom. The molecule has 0 radical (unpaired) electrons. The number of pyridine rings is 1. The first-order valence-corrected chi connectivity index (χ1v) is 8.26. The number of amides is 1. The maximum atomic E-state index is 14.0. The number of aryl methyl sites for hydroxylation is 1. The summed E-state index contributed by atoms with van der Waals surface area (Å²) in [6.45, 7) is 0. The molecule has 3 rings (SSSR count). The predicted molar refractivity (Wildman–Crippen MR) is 102 cm³/mol. The molecule has 2 aromatic carbocycles. The summed E-state index contributed by atoms with van der Waals surface area (Å²) in [6.07, 6.45) is 1.29. The highest BCUT2D eigenvalue weighted by atomic mass is 35.5.